The number of para-hydroxylation sites is 1. The zero-order valence-electron chi connectivity index (χ0n) is 44.4. The van der Waals surface area contributed by atoms with Gasteiger partial charge in [0, 0.05) is 70.4 Å². The van der Waals surface area contributed by atoms with Crippen molar-refractivity contribution in [3.63, 3.8) is 0 Å². The summed E-state index contributed by atoms with van der Waals surface area (Å²) in [5.74, 6) is 0. The first-order valence-corrected chi connectivity index (χ1v) is 28.4. The predicted octanol–water partition coefficient (Wildman–Crippen LogP) is 18.5. The number of anilines is 5. The van der Waals surface area contributed by atoms with E-state index in [0.717, 1.165) is 47.6 Å². The van der Waals surface area contributed by atoms with Gasteiger partial charge in [-0.1, -0.05) is 171 Å². The molecule has 0 radical (unpaired) electrons. The highest BCUT2D eigenvalue weighted by atomic mass is 32.1. The molecule has 0 atom stereocenters. The summed E-state index contributed by atoms with van der Waals surface area (Å²) in [6.07, 6.45) is 9.18. The largest absolute Gasteiger partial charge is 0.455 e. The summed E-state index contributed by atoms with van der Waals surface area (Å²) in [6, 6.07) is 58.9. The average Bonchev–Trinajstić information content (AvgIpc) is 4.06. The van der Waals surface area contributed by atoms with Crippen LogP contribution in [0.3, 0.4) is 0 Å². The zero-order valence-corrected chi connectivity index (χ0v) is 45.2. The van der Waals surface area contributed by atoms with Crippen molar-refractivity contribution < 1.29 is 4.42 Å². The van der Waals surface area contributed by atoms with Crippen LogP contribution in [0.15, 0.2) is 156 Å². The standard InChI is InChI=1S/C69H65BN2OS/c1-9-11-20-42-28-31-45(32-29-42)72-63-48(33-34-52-60(63)51-39-54-55(41-53(51)69(52,7)8)68(5,6)37-36-67(54,3)4)61-62-57(40-50-46-24-16-18-26-58(46)73-65(50)61)71(64-47-25-17-19-27-59(47)74-66(64)70(62)72)56-35-30-43(21-12-10-2)38-49(56)44-22-14-13-15-23-44/h13-19,22-35,38-41H,9-12,20-21,36-37H2,1-8H3. The third-order valence-corrected chi connectivity index (χ3v) is 19.3. The van der Waals surface area contributed by atoms with Crippen LogP contribution in [0.5, 0.6) is 0 Å². The van der Waals surface area contributed by atoms with E-state index in [1.165, 1.54) is 141 Å². The van der Waals surface area contributed by atoms with E-state index in [-0.39, 0.29) is 23.1 Å². The number of unbranched alkanes of at least 4 members (excludes halogenated alkanes) is 2. The Bertz CT molecular complexity index is 3930. The fourth-order valence-electron chi connectivity index (χ4n) is 13.9. The molecule has 0 unspecified atom stereocenters. The lowest BCUT2D eigenvalue weighted by Crippen LogP contribution is -2.60. The van der Waals surface area contributed by atoms with E-state index in [4.69, 9.17) is 4.42 Å². The van der Waals surface area contributed by atoms with Crippen molar-refractivity contribution >= 4 is 88.9 Å². The second kappa shape index (κ2) is 16.6. The Morgan fingerprint density at radius 2 is 1.22 bits per heavy atom. The molecular weight excluding hydrogens is 916 g/mol. The molecular formula is C69H65BN2OS. The van der Waals surface area contributed by atoms with E-state index in [2.05, 4.69) is 217 Å². The van der Waals surface area contributed by atoms with E-state index in [1.807, 2.05) is 11.3 Å². The summed E-state index contributed by atoms with van der Waals surface area (Å²) in [5.41, 5.74) is 25.7. The quantitative estimate of drug-likeness (QED) is 0.134. The summed E-state index contributed by atoms with van der Waals surface area (Å²) in [5, 5.41) is 3.58. The second-order valence-electron chi connectivity index (χ2n) is 23.9. The summed E-state index contributed by atoms with van der Waals surface area (Å²) in [4.78, 5) is 5.48. The van der Waals surface area contributed by atoms with Gasteiger partial charge in [0.15, 0.2) is 0 Å². The molecule has 74 heavy (non-hydrogen) atoms. The predicted molar refractivity (Wildman–Crippen MR) is 318 cm³/mol. The fourth-order valence-corrected chi connectivity index (χ4v) is 15.2. The van der Waals surface area contributed by atoms with Crippen LogP contribution in [-0.4, -0.2) is 6.85 Å². The molecule has 0 N–H and O–H groups in total. The van der Waals surface area contributed by atoms with E-state index in [1.54, 1.807) is 0 Å². The minimum Gasteiger partial charge on any atom is -0.455 e. The lowest BCUT2D eigenvalue weighted by molar-refractivity contribution is 0.331. The summed E-state index contributed by atoms with van der Waals surface area (Å²) >= 11 is 1.97. The number of fused-ring (bicyclic) bond motifs is 15. The first-order valence-electron chi connectivity index (χ1n) is 27.6. The number of rotatable bonds is 9. The molecule has 0 fully saturated rings. The number of nitrogens with zero attached hydrogens (tertiary/aromatic N) is 2. The Hall–Kier alpha value is -6.82. The van der Waals surface area contributed by atoms with Gasteiger partial charge in [-0.2, -0.15) is 0 Å². The van der Waals surface area contributed by atoms with Crippen molar-refractivity contribution in [2.45, 2.75) is 123 Å². The minimum atomic E-state index is -0.220. The van der Waals surface area contributed by atoms with Crippen molar-refractivity contribution in [2.75, 3.05) is 9.71 Å². The van der Waals surface area contributed by atoms with Gasteiger partial charge < -0.3 is 14.1 Å². The molecule has 3 nitrogen and oxygen atoms in total. The van der Waals surface area contributed by atoms with E-state index in [0.29, 0.717) is 0 Å². The van der Waals surface area contributed by atoms with Crippen LogP contribution in [0.25, 0.3) is 65.4 Å². The molecule has 5 heteroatoms. The monoisotopic (exact) mass is 980 g/mol. The van der Waals surface area contributed by atoms with Gasteiger partial charge in [-0.05, 0) is 148 Å². The van der Waals surface area contributed by atoms with Gasteiger partial charge in [0.05, 0.1) is 11.4 Å². The van der Waals surface area contributed by atoms with Crippen molar-refractivity contribution in [2.24, 2.45) is 0 Å². The highest BCUT2D eigenvalue weighted by Crippen LogP contribution is 2.62. The molecule has 4 heterocycles. The van der Waals surface area contributed by atoms with Crippen LogP contribution < -0.4 is 20.0 Å². The van der Waals surface area contributed by atoms with Gasteiger partial charge in [0.25, 0.3) is 0 Å². The van der Waals surface area contributed by atoms with Crippen LogP contribution in [0.1, 0.15) is 127 Å². The molecule has 4 aliphatic rings. The van der Waals surface area contributed by atoms with Crippen LogP contribution in [-0.2, 0) is 29.1 Å². The molecule has 2 aliphatic heterocycles. The summed E-state index contributed by atoms with van der Waals surface area (Å²) in [6.45, 7) is 19.3. The van der Waals surface area contributed by atoms with Crippen LogP contribution >= 0.6 is 11.3 Å². The summed E-state index contributed by atoms with van der Waals surface area (Å²) in [7, 11) is 0. The van der Waals surface area contributed by atoms with E-state index >= 15 is 0 Å². The van der Waals surface area contributed by atoms with Gasteiger partial charge in [-0.15, -0.1) is 11.3 Å². The first-order chi connectivity index (χ1) is 35.9. The van der Waals surface area contributed by atoms with Gasteiger partial charge in [-0.25, -0.2) is 0 Å². The third-order valence-electron chi connectivity index (χ3n) is 18.1. The van der Waals surface area contributed by atoms with E-state index < -0.39 is 0 Å². The Balaban J connectivity index is 1.15. The number of hydrogen-bond acceptors (Lipinski definition) is 4. The number of aryl methyl sites for hydroxylation is 2. The molecule has 366 valence electrons. The van der Waals surface area contributed by atoms with E-state index in [9.17, 15) is 0 Å². The van der Waals surface area contributed by atoms with Crippen LogP contribution in [0.2, 0.25) is 0 Å². The van der Waals surface area contributed by atoms with Gasteiger partial charge in [0.1, 0.15) is 11.2 Å². The normalized spacial score (nSPS) is 16.3. The molecule has 0 saturated heterocycles. The van der Waals surface area contributed by atoms with Crippen LogP contribution in [0.4, 0.5) is 28.4 Å². The molecule has 14 rings (SSSR count). The lowest BCUT2D eigenvalue weighted by atomic mass is 9.46. The lowest BCUT2D eigenvalue weighted by Gasteiger charge is -2.46. The van der Waals surface area contributed by atoms with Crippen molar-refractivity contribution in [3.8, 4) is 33.4 Å². The molecule has 0 amide bonds. The van der Waals surface area contributed by atoms with Gasteiger partial charge >= 0.3 is 6.85 Å². The minimum absolute atomic E-state index is 0.0587. The zero-order chi connectivity index (χ0) is 50.4. The van der Waals surface area contributed by atoms with Crippen molar-refractivity contribution in [3.05, 3.63) is 185 Å². The maximum Gasteiger partial charge on any atom is 0.343 e. The Kier molecular flexibility index (Phi) is 10.3. The Morgan fingerprint density at radius 3 is 1.97 bits per heavy atom. The smallest absolute Gasteiger partial charge is 0.343 e. The van der Waals surface area contributed by atoms with Crippen molar-refractivity contribution in [1.82, 2.24) is 0 Å². The van der Waals surface area contributed by atoms with Gasteiger partial charge in [0.2, 0.25) is 0 Å². The maximum absolute atomic E-state index is 7.33. The maximum atomic E-state index is 7.33. The highest BCUT2D eigenvalue weighted by molar-refractivity contribution is 7.32. The average molecular weight is 981 g/mol. The molecule has 2 aromatic heterocycles. The molecule has 0 saturated carbocycles. The molecule has 2 aliphatic carbocycles. The third kappa shape index (κ3) is 6.57. The number of thiophene rings is 1. The summed E-state index contributed by atoms with van der Waals surface area (Å²) < 4.78 is 9.98. The highest BCUT2D eigenvalue weighted by Gasteiger charge is 2.52. The van der Waals surface area contributed by atoms with Crippen LogP contribution in [0, 0.1) is 0 Å². The number of furan rings is 1. The topological polar surface area (TPSA) is 19.6 Å². The number of benzene rings is 8. The first kappa shape index (κ1) is 45.8. The molecule has 10 aromatic rings. The molecule has 8 aromatic carbocycles. The van der Waals surface area contributed by atoms with Gasteiger partial charge in [-0.3, -0.25) is 0 Å². The Labute approximate surface area is 442 Å². The molecule has 0 bridgehead atoms. The number of hydrogen-bond donors (Lipinski definition) is 0. The SMILES string of the molecule is CCCCc1ccc(N2B3c4sc5ccccc5c4N(c4ccc(CCCC)cc4-c4ccccc4)c4cc5c(oc6ccccc65)c(c43)-c3ccc4c(c32)-c2cc3c(cc2C4(C)C)C(C)(C)CCC3(C)C)cc1. The fraction of sp³-hybridized carbons (Fsp3) is 0.275. The molecule has 0 spiro atoms. The van der Waals surface area contributed by atoms with Crippen molar-refractivity contribution in [1.29, 1.82) is 0 Å². The Morgan fingerprint density at radius 1 is 0.541 bits per heavy atom. The second-order valence-corrected chi connectivity index (χ2v) is 25.0.